The van der Waals surface area contributed by atoms with E-state index in [0.717, 1.165) is 0 Å². The van der Waals surface area contributed by atoms with Gasteiger partial charge in [0.05, 0.1) is 28.7 Å². The van der Waals surface area contributed by atoms with E-state index in [9.17, 15) is 24.1 Å². The average Bonchev–Trinajstić information content (AvgIpc) is 2.92. The topological polar surface area (TPSA) is 89.8 Å². The van der Waals surface area contributed by atoms with Gasteiger partial charge in [0, 0.05) is 17.5 Å². The Balaban J connectivity index is 2.18. The molecule has 0 radical (unpaired) electrons. The lowest BCUT2D eigenvalue weighted by Crippen LogP contribution is -2.24. The number of hydrogen-bond acceptors (Lipinski definition) is 5. The lowest BCUT2D eigenvalue weighted by molar-refractivity contribution is -0.385. The lowest BCUT2D eigenvalue weighted by Gasteiger charge is -2.17. The van der Waals surface area contributed by atoms with Gasteiger partial charge < -0.3 is 4.74 Å². The number of hydrogen-bond donors (Lipinski definition) is 0. The van der Waals surface area contributed by atoms with Crippen LogP contribution in [0.5, 0.6) is 0 Å². The van der Waals surface area contributed by atoms with E-state index in [1.54, 1.807) is 13.0 Å². The SMILES string of the molecule is COC(=O)C1=C(C)N(c2ccc(F)cc2)C(=O)/C1=C\c1ccccc1[N+](=O)[O-]. The summed E-state index contributed by atoms with van der Waals surface area (Å²) in [7, 11) is 1.18. The molecule has 8 heteroatoms. The van der Waals surface area contributed by atoms with Gasteiger partial charge in [-0.25, -0.2) is 9.18 Å². The Kier molecular flexibility index (Phi) is 5.04. The number of allylic oxidation sites excluding steroid dienone is 1. The summed E-state index contributed by atoms with van der Waals surface area (Å²) in [5, 5.41) is 11.3. The number of nitro benzene ring substituents is 1. The first-order valence-corrected chi connectivity index (χ1v) is 8.20. The molecule has 1 amide bonds. The summed E-state index contributed by atoms with van der Waals surface area (Å²) >= 11 is 0. The van der Waals surface area contributed by atoms with Crippen molar-refractivity contribution >= 4 is 29.3 Å². The maximum absolute atomic E-state index is 13.2. The molecule has 2 aromatic carbocycles. The second-order valence-electron chi connectivity index (χ2n) is 5.94. The van der Waals surface area contributed by atoms with Crippen molar-refractivity contribution < 1.29 is 23.6 Å². The number of halogens is 1. The molecule has 0 N–H and O–H groups in total. The normalized spacial score (nSPS) is 15.3. The van der Waals surface area contributed by atoms with Crippen molar-refractivity contribution in [2.75, 3.05) is 12.0 Å². The van der Waals surface area contributed by atoms with Crippen LogP contribution in [0.25, 0.3) is 6.08 Å². The van der Waals surface area contributed by atoms with E-state index in [2.05, 4.69) is 0 Å². The van der Waals surface area contributed by atoms with Crippen LogP contribution in [-0.4, -0.2) is 23.9 Å². The third kappa shape index (κ3) is 3.27. The van der Waals surface area contributed by atoms with Gasteiger partial charge >= 0.3 is 5.97 Å². The molecule has 1 aliphatic heterocycles. The highest BCUT2D eigenvalue weighted by Gasteiger charge is 2.38. The fourth-order valence-corrected chi connectivity index (χ4v) is 3.01. The van der Waals surface area contributed by atoms with Crippen LogP contribution in [0.3, 0.4) is 0 Å². The van der Waals surface area contributed by atoms with Crippen LogP contribution in [0, 0.1) is 15.9 Å². The molecule has 2 aromatic rings. The molecule has 7 nitrogen and oxygen atoms in total. The molecule has 0 aromatic heterocycles. The van der Waals surface area contributed by atoms with E-state index in [-0.39, 0.29) is 28.1 Å². The molecule has 0 saturated carbocycles. The summed E-state index contributed by atoms with van der Waals surface area (Å²) in [6, 6.07) is 11.1. The predicted octanol–water partition coefficient (Wildman–Crippen LogP) is 3.61. The standard InChI is InChI=1S/C20H15FN2O5/c1-12-18(20(25)28-2)16(11-13-5-3-4-6-17(13)23(26)27)19(24)22(12)15-9-7-14(21)8-10-15/h3-11H,1-2H3/b16-11-. The van der Waals surface area contributed by atoms with Gasteiger partial charge in [0.25, 0.3) is 11.6 Å². The third-order valence-electron chi connectivity index (χ3n) is 4.31. The second kappa shape index (κ2) is 7.43. The van der Waals surface area contributed by atoms with Crippen molar-refractivity contribution in [2.45, 2.75) is 6.92 Å². The number of methoxy groups -OCH3 is 1. The quantitative estimate of drug-likeness (QED) is 0.349. The highest BCUT2D eigenvalue weighted by atomic mass is 19.1. The van der Waals surface area contributed by atoms with Crippen LogP contribution in [-0.2, 0) is 14.3 Å². The summed E-state index contributed by atoms with van der Waals surface area (Å²) < 4.78 is 18.0. The number of amides is 1. The number of esters is 1. The average molecular weight is 382 g/mol. The largest absolute Gasteiger partial charge is 0.465 e. The van der Waals surface area contributed by atoms with Gasteiger partial charge in [-0.05, 0) is 43.3 Å². The summed E-state index contributed by atoms with van der Waals surface area (Å²) in [6.45, 7) is 1.55. The Bertz CT molecular complexity index is 1040. The Morgan fingerprint density at radius 2 is 1.82 bits per heavy atom. The van der Waals surface area contributed by atoms with E-state index < -0.39 is 22.6 Å². The number of anilines is 1. The first-order valence-electron chi connectivity index (χ1n) is 8.20. The van der Waals surface area contributed by atoms with E-state index in [1.165, 1.54) is 60.6 Å². The van der Waals surface area contributed by atoms with Gasteiger partial charge in [0.2, 0.25) is 0 Å². The van der Waals surface area contributed by atoms with Gasteiger partial charge in [-0.15, -0.1) is 0 Å². The number of para-hydroxylation sites is 1. The van der Waals surface area contributed by atoms with Crippen LogP contribution < -0.4 is 4.90 Å². The summed E-state index contributed by atoms with van der Waals surface area (Å²) in [5.41, 5.74) is 0.568. The lowest BCUT2D eigenvalue weighted by atomic mass is 10.0. The molecule has 142 valence electrons. The molecule has 0 atom stereocenters. The zero-order valence-electron chi connectivity index (χ0n) is 15.0. The molecule has 1 heterocycles. The van der Waals surface area contributed by atoms with Crippen molar-refractivity contribution in [1.29, 1.82) is 0 Å². The molecule has 1 aliphatic rings. The van der Waals surface area contributed by atoms with Crippen LogP contribution in [0.15, 0.2) is 65.4 Å². The van der Waals surface area contributed by atoms with E-state index in [4.69, 9.17) is 4.74 Å². The van der Waals surface area contributed by atoms with Crippen molar-refractivity contribution in [1.82, 2.24) is 0 Å². The second-order valence-corrected chi connectivity index (χ2v) is 5.94. The number of nitro groups is 1. The van der Waals surface area contributed by atoms with Gasteiger partial charge in [0.1, 0.15) is 5.82 Å². The maximum Gasteiger partial charge on any atom is 0.340 e. The monoisotopic (exact) mass is 382 g/mol. The molecular weight excluding hydrogens is 367 g/mol. The molecule has 0 bridgehead atoms. The molecule has 0 saturated heterocycles. The highest BCUT2D eigenvalue weighted by Crippen LogP contribution is 2.36. The molecular formula is C20H15FN2O5. The van der Waals surface area contributed by atoms with Gasteiger partial charge in [0.15, 0.2) is 0 Å². The smallest absolute Gasteiger partial charge is 0.340 e. The van der Waals surface area contributed by atoms with E-state index in [0.29, 0.717) is 5.69 Å². The summed E-state index contributed by atoms with van der Waals surface area (Å²) in [4.78, 5) is 37.3. The van der Waals surface area contributed by atoms with Crippen molar-refractivity contribution in [2.24, 2.45) is 0 Å². The molecule has 3 rings (SSSR count). The maximum atomic E-state index is 13.2. The van der Waals surface area contributed by atoms with Crippen LogP contribution in [0.1, 0.15) is 12.5 Å². The van der Waals surface area contributed by atoms with E-state index >= 15 is 0 Å². The Morgan fingerprint density at radius 3 is 2.43 bits per heavy atom. The minimum atomic E-state index is -0.750. The number of carbonyl (C=O) groups excluding carboxylic acids is 2. The molecule has 28 heavy (non-hydrogen) atoms. The number of carbonyl (C=O) groups is 2. The zero-order valence-corrected chi connectivity index (χ0v) is 15.0. The zero-order chi connectivity index (χ0) is 20.4. The van der Waals surface area contributed by atoms with Crippen molar-refractivity contribution in [3.8, 4) is 0 Å². The number of nitrogens with zero attached hydrogens (tertiary/aromatic N) is 2. The van der Waals surface area contributed by atoms with Crippen LogP contribution in [0.4, 0.5) is 15.8 Å². The van der Waals surface area contributed by atoms with Gasteiger partial charge in [-0.2, -0.15) is 0 Å². The summed E-state index contributed by atoms with van der Waals surface area (Å²) in [6.07, 6.45) is 1.29. The van der Waals surface area contributed by atoms with E-state index in [1.807, 2.05) is 0 Å². The van der Waals surface area contributed by atoms with Gasteiger partial charge in [-0.3, -0.25) is 19.8 Å². The highest BCUT2D eigenvalue weighted by molar-refractivity contribution is 6.24. The summed E-state index contributed by atoms with van der Waals surface area (Å²) in [5.74, 6) is -1.79. The fraction of sp³-hybridized carbons (Fsp3) is 0.100. The van der Waals surface area contributed by atoms with Crippen molar-refractivity contribution in [3.63, 3.8) is 0 Å². The minimum Gasteiger partial charge on any atom is -0.465 e. The predicted molar refractivity (Wildman–Crippen MR) is 99.7 cm³/mol. The van der Waals surface area contributed by atoms with Crippen LogP contribution in [0.2, 0.25) is 0 Å². The number of benzene rings is 2. The first-order chi connectivity index (χ1) is 13.3. The third-order valence-corrected chi connectivity index (χ3v) is 4.31. The molecule has 0 spiro atoms. The minimum absolute atomic E-state index is 0.00465. The first kappa shape index (κ1) is 19.0. The number of rotatable bonds is 4. The molecule has 0 aliphatic carbocycles. The Labute approximate surface area is 159 Å². The molecule has 0 fully saturated rings. The fourth-order valence-electron chi connectivity index (χ4n) is 3.01. The molecule has 0 unspecified atom stereocenters. The van der Waals surface area contributed by atoms with Gasteiger partial charge in [-0.1, -0.05) is 12.1 Å². The van der Waals surface area contributed by atoms with Crippen LogP contribution >= 0.6 is 0 Å². The Morgan fingerprint density at radius 1 is 1.18 bits per heavy atom. The number of ether oxygens (including phenoxy) is 1. The Hall–Kier alpha value is -3.81. The van der Waals surface area contributed by atoms with Crippen molar-refractivity contribution in [3.05, 3.63) is 86.9 Å².